The van der Waals surface area contributed by atoms with Gasteiger partial charge in [-0.15, -0.1) is 12.4 Å². The second-order valence-corrected chi connectivity index (χ2v) is 5.16. The van der Waals surface area contributed by atoms with Gasteiger partial charge in [0.1, 0.15) is 0 Å². The first-order valence-electron chi connectivity index (χ1n) is 6.94. The normalized spacial score (nSPS) is 12.4. The Morgan fingerprint density at radius 1 is 1.00 bits per heavy atom. The summed E-state index contributed by atoms with van der Waals surface area (Å²) in [4.78, 5) is 0. The summed E-state index contributed by atoms with van der Waals surface area (Å²) in [7, 11) is 0. The molecule has 0 bridgehead atoms. The molecule has 0 unspecified atom stereocenters. The van der Waals surface area contributed by atoms with Crippen LogP contribution in [0.15, 0.2) is 42.5 Å². The van der Waals surface area contributed by atoms with Crippen LogP contribution in [0.5, 0.6) is 0 Å². The van der Waals surface area contributed by atoms with Crippen molar-refractivity contribution in [3.8, 4) is 0 Å². The van der Waals surface area contributed by atoms with E-state index < -0.39 is 0 Å². The van der Waals surface area contributed by atoms with E-state index >= 15 is 0 Å². The Bertz CT molecular complexity index is 581. The zero-order valence-corrected chi connectivity index (χ0v) is 12.6. The quantitative estimate of drug-likeness (QED) is 0.897. The lowest BCUT2D eigenvalue weighted by Crippen LogP contribution is -2.14. The van der Waals surface area contributed by atoms with E-state index in [0.717, 1.165) is 26.1 Å². The molecule has 0 radical (unpaired) electrons. The molecule has 2 aromatic carbocycles. The van der Waals surface area contributed by atoms with Gasteiger partial charge in [0, 0.05) is 25.3 Å². The van der Waals surface area contributed by atoms with Gasteiger partial charge in [-0.2, -0.15) is 0 Å². The van der Waals surface area contributed by atoms with Gasteiger partial charge >= 0.3 is 0 Å². The van der Waals surface area contributed by atoms with Gasteiger partial charge in [-0.1, -0.05) is 42.5 Å². The van der Waals surface area contributed by atoms with E-state index in [9.17, 15) is 0 Å². The van der Waals surface area contributed by atoms with Crippen LogP contribution in [0.3, 0.4) is 0 Å². The number of benzene rings is 2. The lowest BCUT2D eigenvalue weighted by molar-refractivity contribution is 0.691. The summed E-state index contributed by atoms with van der Waals surface area (Å²) in [6, 6.07) is 15.1. The molecule has 0 fully saturated rings. The number of anilines is 1. The minimum atomic E-state index is 0. The second kappa shape index (κ2) is 6.78. The van der Waals surface area contributed by atoms with Crippen LogP contribution in [0.25, 0.3) is 0 Å². The molecule has 0 atom stereocenters. The number of rotatable bonds is 4. The topological polar surface area (TPSA) is 24.1 Å². The standard InChI is InChI=1S/C17H20N2.ClH/c1-13-5-2-3-6-15(13)11-18-12-16-8-4-7-14-9-10-19-17(14)16;/h2-8,18-19H,9-12H2,1H3;1H. The molecule has 0 amide bonds. The first-order chi connectivity index (χ1) is 9.34. The van der Waals surface area contributed by atoms with Crippen molar-refractivity contribution in [2.45, 2.75) is 26.4 Å². The van der Waals surface area contributed by atoms with E-state index in [1.54, 1.807) is 0 Å². The maximum absolute atomic E-state index is 3.55. The van der Waals surface area contributed by atoms with Crippen molar-refractivity contribution in [2.75, 3.05) is 11.9 Å². The first kappa shape index (κ1) is 14.9. The van der Waals surface area contributed by atoms with Gasteiger partial charge in [0.25, 0.3) is 0 Å². The second-order valence-electron chi connectivity index (χ2n) is 5.16. The molecule has 1 heterocycles. The largest absolute Gasteiger partial charge is 0.384 e. The molecule has 20 heavy (non-hydrogen) atoms. The highest BCUT2D eigenvalue weighted by atomic mass is 35.5. The molecule has 0 saturated carbocycles. The summed E-state index contributed by atoms with van der Waals surface area (Å²) in [6.45, 7) is 5.09. The first-order valence-corrected chi connectivity index (χ1v) is 6.94. The number of aryl methyl sites for hydroxylation is 1. The van der Waals surface area contributed by atoms with Gasteiger partial charge in [-0.3, -0.25) is 0 Å². The fourth-order valence-electron chi connectivity index (χ4n) is 2.70. The number of para-hydroxylation sites is 1. The van der Waals surface area contributed by atoms with Gasteiger partial charge in [-0.25, -0.2) is 0 Å². The lowest BCUT2D eigenvalue weighted by atomic mass is 10.1. The Labute approximate surface area is 127 Å². The maximum Gasteiger partial charge on any atom is 0.0419 e. The highest BCUT2D eigenvalue weighted by molar-refractivity contribution is 5.85. The number of halogens is 1. The van der Waals surface area contributed by atoms with Crippen molar-refractivity contribution in [3.05, 3.63) is 64.7 Å². The molecular formula is C17H21ClN2. The minimum Gasteiger partial charge on any atom is -0.384 e. The maximum atomic E-state index is 3.55. The highest BCUT2D eigenvalue weighted by Gasteiger charge is 2.12. The van der Waals surface area contributed by atoms with Crippen LogP contribution < -0.4 is 10.6 Å². The third kappa shape index (κ3) is 3.14. The zero-order chi connectivity index (χ0) is 13.1. The summed E-state index contributed by atoms with van der Waals surface area (Å²) in [6.07, 6.45) is 1.15. The van der Waals surface area contributed by atoms with Gasteiger partial charge in [0.05, 0.1) is 0 Å². The lowest BCUT2D eigenvalue weighted by Gasteiger charge is -2.11. The summed E-state index contributed by atoms with van der Waals surface area (Å²) in [5.41, 5.74) is 6.91. The Morgan fingerprint density at radius 3 is 2.60 bits per heavy atom. The van der Waals surface area contributed by atoms with Crippen LogP contribution in [-0.4, -0.2) is 6.54 Å². The van der Waals surface area contributed by atoms with Crippen LogP contribution >= 0.6 is 12.4 Å². The Kier molecular flexibility index (Phi) is 5.05. The summed E-state index contributed by atoms with van der Waals surface area (Å²) in [5.74, 6) is 0. The molecule has 2 N–H and O–H groups in total. The number of nitrogens with one attached hydrogen (secondary N) is 2. The molecule has 3 heteroatoms. The fourth-order valence-corrected chi connectivity index (χ4v) is 2.70. The summed E-state index contributed by atoms with van der Waals surface area (Å²) >= 11 is 0. The molecular weight excluding hydrogens is 268 g/mol. The monoisotopic (exact) mass is 288 g/mol. The predicted octanol–water partition coefficient (Wildman–Crippen LogP) is 3.67. The molecule has 1 aliphatic heterocycles. The van der Waals surface area contributed by atoms with E-state index in [2.05, 4.69) is 60.0 Å². The van der Waals surface area contributed by atoms with Gasteiger partial charge in [-0.05, 0) is 35.6 Å². The van der Waals surface area contributed by atoms with Crippen molar-refractivity contribution < 1.29 is 0 Å². The van der Waals surface area contributed by atoms with Crippen molar-refractivity contribution in [3.63, 3.8) is 0 Å². The van der Waals surface area contributed by atoms with Crippen molar-refractivity contribution in [1.82, 2.24) is 5.32 Å². The number of hydrogen-bond donors (Lipinski definition) is 2. The molecule has 106 valence electrons. The third-order valence-corrected chi connectivity index (χ3v) is 3.83. The molecule has 2 nitrogen and oxygen atoms in total. The summed E-state index contributed by atoms with van der Waals surface area (Å²) < 4.78 is 0. The Hall–Kier alpha value is -1.51. The van der Waals surface area contributed by atoms with E-state index in [4.69, 9.17) is 0 Å². The van der Waals surface area contributed by atoms with Crippen molar-refractivity contribution in [2.24, 2.45) is 0 Å². The number of hydrogen-bond acceptors (Lipinski definition) is 2. The molecule has 1 aliphatic rings. The van der Waals surface area contributed by atoms with E-state index in [1.807, 2.05) is 0 Å². The Morgan fingerprint density at radius 2 is 1.75 bits per heavy atom. The fraction of sp³-hybridized carbons (Fsp3) is 0.294. The zero-order valence-electron chi connectivity index (χ0n) is 11.8. The van der Waals surface area contributed by atoms with E-state index in [1.165, 1.54) is 27.9 Å². The molecule has 2 aromatic rings. The molecule has 0 aromatic heterocycles. The van der Waals surface area contributed by atoms with Crippen molar-refractivity contribution >= 4 is 18.1 Å². The summed E-state index contributed by atoms with van der Waals surface area (Å²) in [5, 5.41) is 7.04. The average molecular weight is 289 g/mol. The average Bonchev–Trinajstić information content (AvgIpc) is 2.90. The molecule has 0 spiro atoms. The van der Waals surface area contributed by atoms with Crippen LogP contribution in [0.1, 0.15) is 22.3 Å². The SMILES string of the molecule is Cc1ccccc1CNCc1cccc2c1NCC2.Cl. The highest BCUT2D eigenvalue weighted by Crippen LogP contribution is 2.26. The van der Waals surface area contributed by atoms with E-state index in [0.29, 0.717) is 0 Å². The minimum absolute atomic E-state index is 0. The van der Waals surface area contributed by atoms with Gasteiger partial charge in [0.15, 0.2) is 0 Å². The predicted molar refractivity (Wildman–Crippen MR) is 87.6 cm³/mol. The third-order valence-electron chi connectivity index (χ3n) is 3.83. The van der Waals surface area contributed by atoms with Gasteiger partial charge < -0.3 is 10.6 Å². The van der Waals surface area contributed by atoms with Crippen LogP contribution in [0, 0.1) is 6.92 Å². The van der Waals surface area contributed by atoms with Crippen molar-refractivity contribution in [1.29, 1.82) is 0 Å². The van der Waals surface area contributed by atoms with Crippen LogP contribution in [-0.2, 0) is 19.5 Å². The van der Waals surface area contributed by atoms with Gasteiger partial charge in [0.2, 0.25) is 0 Å². The number of fused-ring (bicyclic) bond motifs is 1. The molecule has 0 saturated heterocycles. The molecule has 0 aliphatic carbocycles. The van der Waals surface area contributed by atoms with Crippen LogP contribution in [0.2, 0.25) is 0 Å². The van der Waals surface area contributed by atoms with E-state index in [-0.39, 0.29) is 12.4 Å². The van der Waals surface area contributed by atoms with Crippen LogP contribution in [0.4, 0.5) is 5.69 Å². The smallest absolute Gasteiger partial charge is 0.0419 e. The Balaban J connectivity index is 0.00000147. The molecule has 3 rings (SSSR count).